The molecule has 216 valence electrons. The summed E-state index contributed by atoms with van der Waals surface area (Å²) in [6.45, 7) is 4.72. The van der Waals surface area contributed by atoms with Crippen LogP contribution < -0.4 is 4.74 Å². The maximum absolute atomic E-state index is 6.47. The van der Waals surface area contributed by atoms with Crippen molar-refractivity contribution in [1.29, 1.82) is 0 Å². The minimum atomic E-state index is -0.0580. The van der Waals surface area contributed by atoms with E-state index in [1.807, 2.05) is 6.07 Å². The van der Waals surface area contributed by atoms with Crippen molar-refractivity contribution < 1.29 is 4.74 Å². The van der Waals surface area contributed by atoms with Crippen LogP contribution in [0.15, 0.2) is 146 Å². The topological polar surface area (TPSA) is 9.23 Å². The molecule has 0 unspecified atom stereocenters. The normalized spacial score (nSPS) is 13.8. The number of fused-ring (bicyclic) bond motifs is 7. The minimum Gasteiger partial charge on any atom is -0.456 e. The predicted octanol–water partition coefficient (Wildman–Crippen LogP) is 12.6. The van der Waals surface area contributed by atoms with Gasteiger partial charge in [-0.15, -0.1) is 0 Å². The van der Waals surface area contributed by atoms with Gasteiger partial charge in [0.25, 0.3) is 0 Å². The molecule has 0 amide bonds. The first-order valence-electron chi connectivity index (χ1n) is 16.1. The van der Waals surface area contributed by atoms with Crippen LogP contribution in [0.1, 0.15) is 25.0 Å². The van der Waals surface area contributed by atoms with Gasteiger partial charge in [0.2, 0.25) is 0 Å². The molecule has 46 heavy (non-hydrogen) atoms. The molecule has 0 spiro atoms. The maximum Gasteiger partial charge on any atom is 0.135 e. The van der Waals surface area contributed by atoms with Crippen molar-refractivity contribution in [1.82, 2.24) is 0 Å². The van der Waals surface area contributed by atoms with Crippen LogP contribution in [0.5, 0.6) is 11.5 Å². The fourth-order valence-electron chi connectivity index (χ4n) is 8.39. The van der Waals surface area contributed by atoms with Crippen molar-refractivity contribution >= 4 is 32.3 Å². The van der Waals surface area contributed by atoms with Crippen LogP contribution in [0.2, 0.25) is 0 Å². The summed E-state index contributed by atoms with van der Waals surface area (Å²) in [6.07, 6.45) is 0. The van der Waals surface area contributed by atoms with Crippen LogP contribution in [0.4, 0.5) is 0 Å². The van der Waals surface area contributed by atoms with E-state index in [1.165, 1.54) is 82.4 Å². The van der Waals surface area contributed by atoms with Crippen molar-refractivity contribution in [3.8, 4) is 56.0 Å². The van der Waals surface area contributed by atoms with Crippen molar-refractivity contribution in [2.45, 2.75) is 19.3 Å². The Bertz CT molecular complexity index is 2530. The Kier molecular flexibility index (Phi) is 5.12. The zero-order valence-corrected chi connectivity index (χ0v) is 25.8. The van der Waals surface area contributed by atoms with Crippen molar-refractivity contribution in [2.24, 2.45) is 0 Å². The Balaban J connectivity index is 1.27. The van der Waals surface area contributed by atoms with Crippen LogP contribution in [0.3, 0.4) is 0 Å². The SMILES string of the molecule is CC1(C)c2ccccc2-c2ccc(-c3c4ccccc4c(-c4ccc5c6c(cccc46)Oc4ccccc4-5)c4ccccc34)cc21. The number of rotatable bonds is 2. The van der Waals surface area contributed by atoms with Crippen LogP contribution >= 0.6 is 0 Å². The maximum atomic E-state index is 6.47. The second-order valence-electron chi connectivity index (χ2n) is 13.2. The first-order valence-corrected chi connectivity index (χ1v) is 16.1. The Labute approximate surface area is 268 Å². The van der Waals surface area contributed by atoms with Gasteiger partial charge in [-0.2, -0.15) is 0 Å². The van der Waals surface area contributed by atoms with Gasteiger partial charge in [0.1, 0.15) is 11.5 Å². The van der Waals surface area contributed by atoms with E-state index in [-0.39, 0.29) is 5.41 Å². The highest BCUT2D eigenvalue weighted by molar-refractivity contribution is 6.24. The largest absolute Gasteiger partial charge is 0.456 e. The van der Waals surface area contributed by atoms with Gasteiger partial charge in [-0.3, -0.25) is 0 Å². The minimum absolute atomic E-state index is 0.0580. The Morgan fingerprint density at radius 2 is 0.935 bits per heavy atom. The van der Waals surface area contributed by atoms with E-state index in [9.17, 15) is 0 Å². The van der Waals surface area contributed by atoms with Gasteiger partial charge in [0, 0.05) is 16.4 Å². The molecule has 8 aromatic carbocycles. The third kappa shape index (κ3) is 3.35. The molecule has 1 heterocycles. The van der Waals surface area contributed by atoms with E-state index in [2.05, 4.69) is 153 Å². The molecule has 0 bridgehead atoms. The Morgan fingerprint density at radius 3 is 1.70 bits per heavy atom. The molecule has 8 aromatic rings. The molecular weight excluding hydrogens is 556 g/mol. The van der Waals surface area contributed by atoms with Gasteiger partial charge in [0.05, 0.1) is 0 Å². The molecule has 0 radical (unpaired) electrons. The molecule has 1 aliphatic heterocycles. The van der Waals surface area contributed by atoms with E-state index >= 15 is 0 Å². The number of ether oxygens (including phenoxy) is 1. The molecule has 10 rings (SSSR count). The van der Waals surface area contributed by atoms with Gasteiger partial charge in [0.15, 0.2) is 0 Å². The fraction of sp³-hybridized carbons (Fsp3) is 0.0667. The number of hydrogen-bond acceptors (Lipinski definition) is 1. The molecule has 0 fully saturated rings. The zero-order chi connectivity index (χ0) is 30.6. The predicted molar refractivity (Wildman–Crippen MR) is 193 cm³/mol. The molecule has 1 aliphatic carbocycles. The summed E-state index contributed by atoms with van der Waals surface area (Å²) in [5.41, 5.74) is 12.9. The Hall–Kier alpha value is -5.66. The van der Waals surface area contributed by atoms with E-state index in [4.69, 9.17) is 4.74 Å². The lowest BCUT2D eigenvalue weighted by Gasteiger charge is -2.24. The molecule has 0 N–H and O–H groups in total. The summed E-state index contributed by atoms with van der Waals surface area (Å²) < 4.78 is 6.47. The van der Waals surface area contributed by atoms with Crippen molar-refractivity contribution in [3.63, 3.8) is 0 Å². The number of para-hydroxylation sites is 1. The van der Waals surface area contributed by atoms with Gasteiger partial charge < -0.3 is 4.74 Å². The van der Waals surface area contributed by atoms with Gasteiger partial charge in [-0.25, -0.2) is 0 Å². The van der Waals surface area contributed by atoms with Crippen molar-refractivity contribution in [3.05, 3.63) is 157 Å². The summed E-state index contributed by atoms with van der Waals surface area (Å²) in [5.74, 6) is 1.83. The first-order chi connectivity index (χ1) is 22.6. The van der Waals surface area contributed by atoms with Gasteiger partial charge >= 0.3 is 0 Å². The van der Waals surface area contributed by atoms with Crippen LogP contribution in [0, 0.1) is 0 Å². The summed E-state index contributed by atoms with van der Waals surface area (Å²) in [5, 5.41) is 7.45. The summed E-state index contributed by atoms with van der Waals surface area (Å²) in [6, 6.07) is 53.4. The zero-order valence-electron chi connectivity index (χ0n) is 25.8. The fourth-order valence-corrected chi connectivity index (χ4v) is 8.39. The summed E-state index contributed by atoms with van der Waals surface area (Å²) >= 11 is 0. The molecule has 0 atom stereocenters. The van der Waals surface area contributed by atoms with Gasteiger partial charge in [-0.1, -0.05) is 141 Å². The lowest BCUT2D eigenvalue weighted by molar-refractivity contribution is 0.487. The van der Waals surface area contributed by atoms with Crippen LogP contribution in [-0.4, -0.2) is 0 Å². The smallest absolute Gasteiger partial charge is 0.135 e. The molecule has 0 saturated heterocycles. The second kappa shape index (κ2) is 9.19. The van der Waals surface area contributed by atoms with Crippen LogP contribution in [-0.2, 0) is 5.41 Å². The molecule has 2 aliphatic rings. The summed E-state index contributed by atoms with van der Waals surface area (Å²) in [4.78, 5) is 0. The van der Waals surface area contributed by atoms with E-state index < -0.39 is 0 Å². The molecular formula is C45H30O. The Morgan fingerprint density at radius 1 is 0.391 bits per heavy atom. The van der Waals surface area contributed by atoms with E-state index in [1.54, 1.807) is 0 Å². The average Bonchev–Trinajstić information content (AvgIpc) is 3.33. The average molecular weight is 587 g/mol. The second-order valence-corrected chi connectivity index (χ2v) is 13.2. The monoisotopic (exact) mass is 586 g/mol. The number of benzene rings is 8. The lowest BCUT2D eigenvalue weighted by atomic mass is 9.80. The van der Waals surface area contributed by atoms with Gasteiger partial charge in [-0.05, 0) is 95.2 Å². The number of hydrogen-bond donors (Lipinski definition) is 0. The molecule has 1 nitrogen and oxygen atoms in total. The van der Waals surface area contributed by atoms with E-state index in [0.29, 0.717) is 0 Å². The highest BCUT2D eigenvalue weighted by Crippen LogP contribution is 2.53. The standard InChI is InChI=1S/C45H30O/c1-45(2)38-19-9-7-12-28(38)29-23-22-27(26-39(29)45)42-31-14-3-5-16-33(31)43(34-17-6-4-15-32(34)42)37-25-24-36-30-13-8-10-20-40(30)46-41-21-11-18-35(37)44(36)41/h3-26H,1-2H3. The first kappa shape index (κ1) is 25.6. The van der Waals surface area contributed by atoms with Crippen LogP contribution in [0.25, 0.3) is 76.8 Å². The lowest BCUT2D eigenvalue weighted by Crippen LogP contribution is -2.14. The quantitative estimate of drug-likeness (QED) is 0.183. The highest BCUT2D eigenvalue weighted by atomic mass is 16.5. The molecule has 0 aromatic heterocycles. The third-order valence-corrected chi connectivity index (χ3v) is 10.5. The summed E-state index contributed by atoms with van der Waals surface area (Å²) in [7, 11) is 0. The molecule has 1 heteroatoms. The molecule has 0 saturated carbocycles. The van der Waals surface area contributed by atoms with E-state index in [0.717, 1.165) is 17.1 Å². The third-order valence-electron chi connectivity index (χ3n) is 10.5. The highest BCUT2D eigenvalue weighted by Gasteiger charge is 2.35. The van der Waals surface area contributed by atoms with Crippen molar-refractivity contribution in [2.75, 3.05) is 0 Å².